The molecule has 3 rings (SSSR count). The highest BCUT2D eigenvalue weighted by Crippen LogP contribution is 2.12. The van der Waals surface area contributed by atoms with Crippen molar-refractivity contribution in [2.45, 2.75) is 20.0 Å². The van der Waals surface area contributed by atoms with Crippen molar-refractivity contribution in [3.05, 3.63) is 69.6 Å². The summed E-state index contributed by atoms with van der Waals surface area (Å²) in [6.07, 6.45) is 0. The zero-order chi connectivity index (χ0) is 21.5. The fourth-order valence-corrected chi connectivity index (χ4v) is 3.43. The number of nitrogens with zero attached hydrogens (tertiary/aromatic N) is 4. The summed E-state index contributed by atoms with van der Waals surface area (Å²) >= 11 is 1.16. The number of amides is 2. The average molecular weight is 428 g/mol. The van der Waals surface area contributed by atoms with Gasteiger partial charge < -0.3 is 10.6 Å². The molecule has 1 aromatic carbocycles. The molecule has 2 heterocycles. The number of hydrogen-bond acceptors (Lipinski definition) is 7. The van der Waals surface area contributed by atoms with Crippen molar-refractivity contribution in [3.63, 3.8) is 0 Å². The molecule has 0 radical (unpaired) electrons. The summed E-state index contributed by atoms with van der Waals surface area (Å²) in [4.78, 5) is 30.4. The summed E-state index contributed by atoms with van der Waals surface area (Å²) in [7, 11) is 1.78. The standard InChI is InChI=1S/C20H21FN6O2S/c1-13-4-3-5-16(23-13)24-17(28)11-27(2)12-18-25-26-20(30-18)19(29)22-10-14-6-8-15(21)9-7-14/h3-9H,10-12H2,1-2H3,(H,22,29)(H,23,24,28). The van der Waals surface area contributed by atoms with E-state index in [1.165, 1.54) is 12.1 Å². The average Bonchev–Trinajstić information content (AvgIpc) is 3.15. The van der Waals surface area contributed by atoms with Gasteiger partial charge in [-0.3, -0.25) is 14.5 Å². The van der Waals surface area contributed by atoms with Crippen molar-refractivity contribution in [1.82, 2.24) is 25.4 Å². The number of pyridine rings is 1. The van der Waals surface area contributed by atoms with E-state index in [9.17, 15) is 14.0 Å². The van der Waals surface area contributed by atoms with Crippen LogP contribution in [0.5, 0.6) is 0 Å². The zero-order valence-corrected chi connectivity index (χ0v) is 17.4. The minimum absolute atomic E-state index is 0.140. The van der Waals surface area contributed by atoms with Crippen LogP contribution in [-0.4, -0.2) is 45.5 Å². The first-order valence-corrected chi connectivity index (χ1v) is 9.98. The number of benzene rings is 1. The van der Waals surface area contributed by atoms with E-state index in [1.807, 2.05) is 19.1 Å². The first kappa shape index (κ1) is 21.5. The van der Waals surface area contributed by atoms with E-state index in [2.05, 4.69) is 25.8 Å². The molecule has 8 nitrogen and oxygen atoms in total. The normalized spacial score (nSPS) is 10.8. The summed E-state index contributed by atoms with van der Waals surface area (Å²) in [6, 6.07) is 11.3. The molecule has 0 spiro atoms. The van der Waals surface area contributed by atoms with Crippen molar-refractivity contribution >= 4 is 29.0 Å². The number of aryl methyl sites for hydroxylation is 1. The van der Waals surface area contributed by atoms with Gasteiger partial charge in [-0.15, -0.1) is 10.2 Å². The van der Waals surface area contributed by atoms with Gasteiger partial charge in [-0.25, -0.2) is 9.37 Å². The second-order valence-corrected chi connectivity index (χ2v) is 7.76. The lowest BCUT2D eigenvalue weighted by Crippen LogP contribution is -2.30. The summed E-state index contributed by atoms with van der Waals surface area (Å²) < 4.78 is 12.9. The Balaban J connectivity index is 1.47. The maximum Gasteiger partial charge on any atom is 0.282 e. The molecule has 0 atom stereocenters. The number of rotatable bonds is 8. The van der Waals surface area contributed by atoms with Gasteiger partial charge in [-0.1, -0.05) is 29.5 Å². The number of carbonyl (C=O) groups excluding carboxylic acids is 2. The molecule has 0 aliphatic carbocycles. The van der Waals surface area contributed by atoms with Crippen molar-refractivity contribution < 1.29 is 14.0 Å². The molecule has 2 N–H and O–H groups in total. The van der Waals surface area contributed by atoms with Crippen LogP contribution in [0.2, 0.25) is 0 Å². The number of halogens is 1. The Morgan fingerprint density at radius 1 is 1.13 bits per heavy atom. The molecule has 0 saturated carbocycles. The Kier molecular flexibility index (Phi) is 7.15. The summed E-state index contributed by atoms with van der Waals surface area (Å²) in [5, 5.41) is 14.3. The Morgan fingerprint density at radius 3 is 2.63 bits per heavy atom. The van der Waals surface area contributed by atoms with Gasteiger partial charge in [0.2, 0.25) is 10.9 Å². The molecule has 156 valence electrons. The van der Waals surface area contributed by atoms with Gasteiger partial charge in [-0.2, -0.15) is 0 Å². The Morgan fingerprint density at radius 2 is 1.90 bits per heavy atom. The molecule has 30 heavy (non-hydrogen) atoms. The van der Waals surface area contributed by atoms with E-state index in [4.69, 9.17) is 0 Å². The Bertz CT molecular complexity index is 1020. The smallest absolute Gasteiger partial charge is 0.282 e. The van der Waals surface area contributed by atoms with Gasteiger partial charge in [0.1, 0.15) is 16.6 Å². The van der Waals surface area contributed by atoms with E-state index in [1.54, 1.807) is 30.1 Å². The SMILES string of the molecule is Cc1cccc(NC(=O)CN(C)Cc2nnc(C(=O)NCc3ccc(F)cc3)s2)n1. The lowest BCUT2D eigenvalue weighted by Gasteiger charge is -2.14. The fraction of sp³-hybridized carbons (Fsp3) is 0.250. The predicted octanol–water partition coefficient (Wildman–Crippen LogP) is 2.38. The third-order valence-electron chi connectivity index (χ3n) is 4.00. The van der Waals surface area contributed by atoms with Crippen molar-refractivity contribution in [3.8, 4) is 0 Å². The molecule has 2 aromatic heterocycles. The Hall–Kier alpha value is -3.24. The van der Waals surface area contributed by atoms with Crippen LogP contribution in [0, 0.1) is 12.7 Å². The predicted molar refractivity (Wildman–Crippen MR) is 111 cm³/mol. The number of hydrogen-bond donors (Lipinski definition) is 2. The largest absolute Gasteiger partial charge is 0.346 e. The highest BCUT2D eigenvalue weighted by Gasteiger charge is 2.15. The van der Waals surface area contributed by atoms with Crippen molar-refractivity contribution in [2.24, 2.45) is 0 Å². The second kappa shape index (κ2) is 9.99. The van der Waals surface area contributed by atoms with E-state index < -0.39 is 0 Å². The maximum atomic E-state index is 12.9. The van der Waals surface area contributed by atoms with Crippen molar-refractivity contribution in [2.75, 3.05) is 18.9 Å². The third-order valence-corrected chi connectivity index (χ3v) is 4.91. The number of aromatic nitrogens is 3. The van der Waals surface area contributed by atoms with Crippen LogP contribution < -0.4 is 10.6 Å². The molecule has 2 amide bonds. The van der Waals surface area contributed by atoms with Gasteiger partial charge in [0.25, 0.3) is 5.91 Å². The third kappa shape index (κ3) is 6.39. The summed E-state index contributed by atoms with van der Waals surface area (Å²) in [5.41, 5.74) is 1.60. The van der Waals surface area contributed by atoms with Crippen LogP contribution in [0.25, 0.3) is 0 Å². The number of likely N-dealkylation sites (N-methyl/N-ethyl adjacent to an activating group) is 1. The minimum Gasteiger partial charge on any atom is -0.346 e. The first-order chi connectivity index (χ1) is 14.4. The molecule has 0 unspecified atom stereocenters. The summed E-state index contributed by atoms with van der Waals surface area (Å²) in [6.45, 7) is 2.63. The molecule has 3 aromatic rings. The monoisotopic (exact) mass is 428 g/mol. The van der Waals surface area contributed by atoms with Crippen LogP contribution in [0.15, 0.2) is 42.5 Å². The van der Waals surface area contributed by atoms with E-state index >= 15 is 0 Å². The molecule has 0 fully saturated rings. The number of anilines is 1. The first-order valence-electron chi connectivity index (χ1n) is 9.16. The molecule has 0 saturated heterocycles. The molecular weight excluding hydrogens is 407 g/mol. The maximum absolute atomic E-state index is 12.9. The van der Waals surface area contributed by atoms with Crippen molar-refractivity contribution in [1.29, 1.82) is 0 Å². The van der Waals surface area contributed by atoms with Crippen LogP contribution in [-0.2, 0) is 17.9 Å². The minimum atomic E-state index is -0.353. The van der Waals surface area contributed by atoms with Gasteiger partial charge in [0, 0.05) is 12.2 Å². The molecule has 0 bridgehead atoms. The van der Waals surface area contributed by atoms with E-state index in [0.29, 0.717) is 17.4 Å². The number of nitrogens with one attached hydrogen (secondary N) is 2. The second-order valence-electron chi connectivity index (χ2n) is 6.69. The van der Waals surface area contributed by atoms with Gasteiger partial charge in [-0.05, 0) is 43.8 Å². The van der Waals surface area contributed by atoms with E-state index in [-0.39, 0.29) is 35.7 Å². The number of carbonyl (C=O) groups is 2. The topological polar surface area (TPSA) is 100 Å². The lowest BCUT2D eigenvalue weighted by atomic mass is 10.2. The van der Waals surface area contributed by atoms with Gasteiger partial charge in [0.15, 0.2) is 0 Å². The molecule has 10 heteroatoms. The molecule has 0 aliphatic rings. The van der Waals surface area contributed by atoms with Crippen LogP contribution >= 0.6 is 11.3 Å². The Labute approximate surface area is 177 Å². The lowest BCUT2D eigenvalue weighted by molar-refractivity contribution is -0.117. The quantitative estimate of drug-likeness (QED) is 0.571. The summed E-state index contributed by atoms with van der Waals surface area (Å²) in [5.74, 6) is -0.373. The molecular formula is C20H21FN6O2S. The molecule has 0 aliphatic heterocycles. The van der Waals surface area contributed by atoms with Crippen LogP contribution in [0.1, 0.15) is 26.1 Å². The van der Waals surface area contributed by atoms with Crippen LogP contribution in [0.4, 0.5) is 10.2 Å². The van der Waals surface area contributed by atoms with Gasteiger partial charge in [0.05, 0.1) is 13.1 Å². The fourth-order valence-electron chi connectivity index (χ4n) is 2.60. The van der Waals surface area contributed by atoms with Gasteiger partial charge >= 0.3 is 0 Å². The highest BCUT2D eigenvalue weighted by atomic mass is 32.1. The van der Waals surface area contributed by atoms with E-state index in [0.717, 1.165) is 22.6 Å². The van der Waals surface area contributed by atoms with Crippen LogP contribution in [0.3, 0.4) is 0 Å². The zero-order valence-electron chi connectivity index (χ0n) is 16.6. The highest BCUT2D eigenvalue weighted by molar-refractivity contribution is 7.13.